The molecule has 3 fully saturated rings. The van der Waals surface area contributed by atoms with Gasteiger partial charge in [-0.1, -0.05) is 85.8 Å². The minimum atomic E-state index is -4.59. The number of piperidine rings is 1. The number of nitrogens with one attached hydrogen (secondary N) is 6. The van der Waals surface area contributed by atoms with Crippen molar-refractivity contribution in [2.24, 2.45) is 5.92 Å². The van der Waals surface area contributed by atoms with E-state index in [-0.39, 0.29) is 113 Å². The number of likely N-dealkylation sites (tertiary alicyclic amines) is 2. The van der Waals surface area contributed by atoms with Crippen LogP contribution in [0.15, 0.2) is 298 Å². The smallest absolute Gasteiger partial charge is 0.416 e. The number of hydrogen-bond donors (Lipinski definition) is 8. The third-order valence-electron chi connectivity index (χ3n) is 23.3. The number of imidazole rings is 1. The molecular formula is C109H99F4N23O12. The predicted molar refractivity (Wildman–Crippen MR) is 553 cm³/mol. The van der Waals surface area contributed by atoms with Crippen molar-refractivity contribution in [3.05, 3.63) is 348 Å². The van der Waals surface area contributed by atoms with Gasteiger partial charge in [-0.25, -0.2) is 53.6 Å². The second-order valence-electron chi connectivity index (χ2n) is 33.9. The number of allylic oxidation sites excluding steroid dienone is 2. The van der Waals surface area contributed by atoms with Crippen molar-refractivity contribution in [3.8, 4) is 57.5 Å². The number of ether oxygens (including phenoxy) is 4. The molecule has 9 aromatic carbocycles. The van der Waals surface area contributed by atoms with Crippen molar-refractivity contribution in [1.29, 1.82) is 0 Å². The number of aromatic nitrogens is 12. The molecule has 8 heterocycles. The second-order valence-corrected chi connectivity index (χ2v) is 33.9. The average Bonchev–Trinajstić information content (AvgIpc) is 1.58. The molecule has 2 atom stereocenters. The first-order valence-electron chi connectivity index (χ1n) is 46.7. The quantitative estimate of drug-likeness (QED) is 0.00485. The molecule has 15 aromatic rings. The molecule has 35 nitrogen and oxygen atoms in total. The highest BCUT2D eigenvalue weighted by Gasteiger charge is 2.36. The van der Waals surface area contributed by atoms with E-state index in [1.165, 1.54) is 53.9 Å². The van der Waals surface area contributed by atoms with Crippen LogP contribution in [-0.4, -0.2) is 156 Å². The summed E-state index contributed by atoms with van der Waals surface area (Å²) in [6.45, 7) is 20.6. The lowest BCUT2D eigenvalue weighted by Crippen LogP contribution is -2.41. The number of nitrogens with two attached hydrogens (primary N) is 2. The van der Waals surface area contributed by atoms with Crippen LogP contribution in [0.3, 0.4) is 0 Å². The van der Waals surface area contributed by atoms with Crippen molar-refractivity contribution in [2.45, 2.75) is 83.5 Å². The molecule has 5 amide bonds. The van der Waals surface area contributed by atoms with Crippen LogP contribution in [-0.2, 0) is 41.3 Å². The van der Waals surface area contributed by atoms with Crippen molar-refractivity contribution in [2.75, 3.05) is 89.9 Å². The molecule has 0 radical (unpaired) electrons. The Labute approximate surface area is 846 Å². The summed E-state index contributed by atoms with van der Waals surface area (Å²) in [4.78, 5) is 140. The van der Waals surface area contributed by atoms with Gasteiger partial charge in [0.25, 0.3) is 17.7 Å². The van der Waals surface area contributed by atoms with Crippen molar-refractivity contribution < 1.29 is 70.1 Å². The fourth-order valence-electron chi connectivity index (χ4n) is 15.9. The lowest BCUT2D eigenvalue weighted by Gasteiger charge is -2.33. The highest BCUT2D eigenvalue weighted by Crippen LogP contribution is 2.39. The Bertz CT molecular complexity index is 7600. The number of benzene rings is 9. The Balaban J connectivity index is 0.000000149. The van der Waals surface area contributed by atoms with E-state index in [1.54, 1.807) is 145 Å². The van der Waals surface area contributed by atoms with Gasteiger partial charge in [0.1, 0.15) is 65.0 Å². The maximum absolute atomic E-state index is 14.2. The first-order valence-corrected chi connectivity index (χ1v) is 46.7. The van der Waals surface area contributed by atoms with Crippen LogP contribution in [0.25, 0.3) is 44.0 Å². The maximum Gasteiger partial charge on any atom is 0.416 e. The topological polar surface area (TPSA) is 439 Å². The van der Waals surface area contributed by atoms with E-state index in [0.29, 0.717) is 154 Å². The number of methoxy groups -OCH3 is 1. The third-order valence-corrected chi connectivity index (χ3v) is 23.3. The lowest BCUT2D eigenvalue weighted by molar-refractivity contribution is -0.137. The monoisotopic (exact) mass is 2000 g/mol. The lowest BCUT2D eigenvalue weighted by atomic mass is 9.99. The zero-order valence-corrected chi connectivity index (χ0v) is 80.3. The Morgan fingerprint density at radius 1 is 0.595 bits per heavy atom. The highest BCUT2D eigenvalue weighted by atomic mass is 19.4. The van der Waals surface area contributed by atoms with Gasteiger partial charge in [-0.05, 0) is 245 Å². The Hall–Kier alpha value is -18.9. The van der Waals surface area contributed by atoms with Crippen LogP contribution < -0.4 is 63.3 Å². The fraction of sp³-hybridized carbons (Fsp3) is 0.193. The molecule has 10 N–H and O–H groups in total. The Morgan fingerprint density at radius 3 is 1.86 bits per heavy atom. The number of nitrogen functional groups attached to an aromatic ring is 2. The molecule has 1 saturated carbocycles. The number of anilines is 11. The predicted octanol–water partition coefficient (Wildman–Crippen LogP) is 18.9. The summed E-state index contributed by atoms with van der Waals surface area (Å²) >= 11 is 0. The molecule has 750 valence electrons. The van der Waals surface area contributed by atoms with Gasteiger partial charge in [0.15, 0.2) is 40.3 Å². The molecular weight excluding hydrogens is 1900 g/mol. The summed E-state index contributed by atoms with van der Waals surface area (Å²) in [6, 6.07) is 63.1. The molecule has 2 saturated heterocycles. The van der Waals surface area contributed by atoms with Crippen molar-refractivity contribution in [3.63, 3.8) is 0 Å². The first kappa shape index (κ1) is 103. The minimum Gasteiger partial charge on any atom is -0.491 e. The molecule has 18 rings (SSSR count). The number of alkyl halides is 3. The number of rotatable bonds is 32. The number of aryl methyl sites for hydroxylation is 1. The maximum atomic E-state index is 14.2. The summed E-state index contributed by atoms with van der Waals surface area (Å²) in [7, 11) is 1.61. The fourth-order valence-corrected chi connectivity index (χ4v) is 15.9. The molecule has 0 spiro atoms. The van der Waals surface area contributed by atoms with Crippen LogP contribution >= 0.6 is 0 Å². The largest absolute Gasteiger partial charge is 0.491 e. The normalized spacial score (nSPS) is 13.5. The SMILES string of the molecule is C=CC(=O)CCC(=O)Nc1cccc(Nc2ncc(CC(=O)c3cc(NC(=O)c4cccc(C(F)(F)F)c4)ccc3C)cn2)c1.C=CC(=O)Nc1cccc(Nc2nc(Nc3ccc(OCCOC)cc3)ncc2F)c1.CC#CC(=O)N1CC[C@@H](n2c(=O)n(-c3ccc(Oc4ccccc4)cc3)c3c(N)ncnc32)C1.[C-]#[N+]/C(=C\C1CC1)C(=O)N1CCC[C@@H](n2nc(-c3ccc(Oc4ccccc4)cc3)c3c(N)ncnc32)C1. The molecule has 3 aliphatic rings. The number of halogens is 4. The number of ketones is 2. The molecule has 0 bridgehead atoms. The number of fused-ring (bicyclic) bond motifs is 2. The summed E-state index contributed by atoms with van der Waals surface area (Å²) in [5.41, 5.74) is 19.7. The van der Waals surface area contributed by atoms with E-state index < -0.39 is 23.5 Å². The molecule has 39 heteroatoms. The molecule has 2 aliphatic heterocycles. The highest BCUT2D eigenvalue weighted by molar-refractivity contribution is 6.06. The summed E-state index contributed by atoms with van der Waals surface area (Å²) in [5, 5.41) is 22.5. The average molecular weight is 2000 g/mol. The van der Waals surface area contributed by atoms with Gasteiger partial charge in [0.2, 0.25) is 29.4 Å². The van der Waals surface area contributed by atoms with E-state index in [9.17, 15) is 55.9 Å². The van der Waals surface area contributed by atoms with Crippen LogP contribution in [0.5, 0.6) is 28.7 Å². The van der Waals surface area contributed by atoms with Gasteiger partial charge < -0.3 is 72.1 Å². The van der Waals surface area contributed by atoms with Crippen molar-refractivity contribution >= 4 is 127 Å². The number of amides is 5. The summed E-state index contributed by atoms with van der Waals surface area (Å²) < 4.78 is 80.6. The number of Topliss-reactive ketones (excluding diaryl/α,β-unsaturated/α-hetero) is 1. The van der Waals surface area contributed by atoms with Crippen LogP contribution in [0.2, 0.25) is 0 Å². The second kappa shape index (κ2) is 48.7. The van der Waals surface area contributed by atoms with E-state index in [2.05, 4.69) is 102 Å². The zero-order chi connectivity index (χ0) is 104. The van der Waals surface area contributed by atoms with Crippen LogP contribution in [0.1, 0.15) is 101 Å². The Kier molecular flexibility index (Phi) is 34.0. The molecule has 0 unspecified atom stereocenters. The van der Waals surface area contributed by atoms with E-state index >= 15 is 0 Å². The zero-order valence-electron chi connectivity index (χ0n) is 80.3. The van der Waals surface area contributed by atoms with Gasteiger partial charge in [-0.3, -0.25) is 42.7 Å². The van der Waals surface area contributed by atoms with Gasteiger partial charge >= 0.3 is 11.9 Å². The summed E-state index contributed by atoms with van der Waals surface area (Å²) in [6.07, 6.45) is 10.9. The van der Waals surface area contributed by atoms with E-state index in [1.807, 2.05) is 95.7 Å². The molecule has 6 aromatic heterocycles. The number of nitrogens with zero attached hydrogens (tertiary/aromatic N) is 15. The van der Waals surface area contributed by atoms with Crippen LogP contribution in [0, 0.1) is 37.1 Å². The van der Waals surface area contributed by atoms with Gasteiger partial charge in [-0.2, -0.15) is 23.3 Å². The minimum absolute atomic E-state index is 0.00998. The van der Waals surface area contributed by atoms with E-state index in [4.69, 9.17) is 42.1 Å². The standard InChI is InChI=1S/C33H28F3N5O4.C29H27N7O2.C25H22N6O3.C22H22FN5O3/c1-3-27(42)12-13-30(44)39-24-8-5-9-25(16-24)41-32-37-18-21(19-38-32)14-29(43)28-17-26(11-10-20(28)2)40-31(45)22-6-4-7-23(15-22)33(34,35)36;1-31-24(16-19-9-10-19)29(37)35-15-5-6-21(17-35)36-28-25(27(30)32-18-33-28)26(34-36)20-11-13-23(14-12-20)38-22-7-3-2-4-8-22;1-2-6-21(32)29-14-13-18(15-29)31-24-22(23(26)27-16-28-24)30(25(31)33)17-9-11-20(12-10-17)34-19-7-4-3-5-8-19;1-3-20(29)25-16-5-4-6-17(13-16)26-21-19(23)14-24-22(28-21)27-15-7-9-18(10-8-15)31-12-11-30-2/h3-11,15-19H,1,12-14H2,2H3,(H,39,44)(H,40,45)(H,37,38,41);2-4,7-8,11-14,16,18-19,21H,5-6,9-10,15,17H2,(H2,30,32,33);3-5,7-12,16,18H,13-15H2,1H3,(H2,26,27,28);3-10,13-14H,1,11-12H2,2H3,(H,25,29)(H2,24,26,27,28)/b;24-16-;;/t;21-;18-;/m.11./s1. The number of carbonyl (C=O) groups is 7. The third kappa shape index (κ3) is 27.3. The van der Waals surface area contributed by atoms with Crippen molar-refractivity contribution in [1.82, 2.24) is 68.6 Å². The number of para-hydroxylation sites is 2. The number of hydrogen-bond acceptors (Lipinski definition) is 26. The summed E-state index contributed by atoms with van der Waals surface area (Å²) in [5.74, 6) is 7.16. The first-order chi connectivity index (χ1) is 71.6. The van der Waals surface area contributed by atoms with E-state index in [0.717, 1.165) is 67.1 Å². The molecule has 148 heavy (non-hydrogen) atoms. The van der Waals surface area contributed by atoms with Crippen LogP contribution in [0.4, 0.5) is 81.0 Å². The van der Waals surface area contributed by atoms with Gasteiger partial charge in [0, 0.05) is 116 Å². The Morgan fingerprint density at radius 2 is 1.20 bits per heavy atom. The molecule has 1 aliphatic carbocycles. The van der Waals surface area contributed by atoms with Gasteiger partial charge in [-0.15, -0.1) is 0 Å². The van der Waals surface area contributed by atoms with Gasteiger partial charge in [0.05, 0.1) is 48.1 Å². The number of carbonyl (C=O) groups excluding carboxylic acids is 7.